The highest BCUT2D eigenvalue weighted by molar-refractivity contribution is 14.1. The van der Waals surface area contributed by atoms with Gasteiger partial charge in [0.15, 0.2) is 5.79 Å². The van der Waals surface area contributed by atoms with E-state index >= 15 is 0 Å². The molecule has 3 nitrogen and oxygen atoms in total. The van der Waals surface area contributed by atoms with Gasteiger partial charge in [0.2, 0.25) is 0 Å². The number of hydrogen-bond donors (Lipinski definition) is 0. The standard InChI is InChI=1S/C15H25IO3/c1-3-14(13-17,7-5-6-10-16)8-9-15(4-2)18-11-12-19-15/h4,13H,2-3,5-12H2,1H3. The van der Waals surface area contributed by atoms with Crippen molar-refractivity contribution in [1.29, 1.82) is 0 Å². The highest BCUT2D eigenvalue weighted by atomic mass is 127. The van der Waals surface area contributed by atoms with Gasteiger partial charge in [0.05, 0.1) is 13.2 Å². The molecule has 0 aromatic carbocycles. The van der Waals surface area contributed by atoms with Crippen LogP contribution in [0.25, 0.3) is 0 Å². The van der Waals surface area contributed by atoms with Crippen LogP contribution in [0.2, 0.25) is 0 Å². The van der Waals surface area contributed by atoms with Crippen LogP contribution in [0.15, 0.2) is 12.7 Å². The summed E-state index contributed by atoms with van der Waals surface area (Å²) < 4.78 is 12.4. The predicted octanol–water partition coefficient (Wildman–Crippen LogP) is 3.90. The zero-order chi connectivity index (χ0) is 14.2. The van der Waals surface area contributed by atoms with Crippen molar-refractivity contribution in [3.8, 4) is 0 Å². The van der Waals surface area contributed by atoms with Gasteiger partial charge >= 0.3 is 0 Å². The van der Waals surface area contributed by atoms with Gasteiger partial charge < -0.3 is 14.3 Å². The summed E-state index contributed by atoms with van der Waals surface area (Å²) in [5.41, 5.74) is -0.225. The minimum absolute atomic E-state index is 0.225. The molecule has 1 rings (SSSR count). The summed E-state index contributed by atoms with van der Waals surface area (Å²) in [4.78, 5) is 11.5. The van der Waals surface area contributed by atoms with E-state index < -0.39 is 5.79 Å². The molecule has 0 saturated carbocycles. The lowest BCUT2D eigenvalue weighted by Crippen LogP contribution is -2.31. The Labute approximate surface area is 130 Å². The Morgan fingerprint density at radius 1 is 1.32 bits per heavy atom. The average Bonchev–Trinajstić information content (AvgIpc) is 2.93. The maximum Gasteiger partial charge on any atom is 0.187 e. The summed E-state index contributed by atoms with van der Waals surface area (Å²) in [6.45, 7) is 7.12. The van der Waals surface area contributed by atoms with Gasteiger partial charge in [-0.3, -0.25) is 0 Å². The molecule has 1 unspecified atom stereocenters. The van der Waals surface area contributed by atoms with E-state index in [0.717, 1.165) is 36.4 Å². The van der Waals surface area contributed by atoms with E-state index in [-0.39, 0.29) is 5.41 Å². The molecule has 1 aliphatic rings. The SMILES string of the molecule is C=CC1(CCC(C=O)(CC)CCCCI)OCCO1. The van der Waals surface area contributed by atoms with Crippen LogP contribution < -0.4 is 0 Å². The molecule has 1 heterocycles. The fourth-order valence-corrected chi connectivity index (χ4v) is 3.05. The summed E-state index contributed by atoms with van der Waals surface area (Å²) in [5, 5.41) is 0. The van der Waals surface area contributed by atoms with E-state index in [4.69, 9.17) is 9.47 Å². The predicted molar refractivity (Wildman–Crippen MR) is 85.6 cm³/mol. The topological polar surface area (TPSA) is 35.5 Å². The van der Waals surface area contributed by atoms with Crippen LogP contribution in [0.1, 0.15) is 45.4 Å². The maximum absolute atomic E-state index is 11.5. The van der Waals surface area contributed by atoms with Crippen LogP contribution in [0.5, 0.6) is 0 Å². The Morgan fingerprint density at radius 3 is 2.47 bits per heavy atom. The second-order valence-electron chi connectivity index (χ2n) is 5.19. The molecule has 0 aromatic heterocycles. The second-order valence-corrected chi connectivity index (χ2v) is 6.27. The molecular weight excluding hydrogens is 355 g/mol. The molecule has 19 heavy (non-hydrogen) atoms. The zero-order valence-electron chi connectivity index (χ0n) is 11.8. The summed E-state index contributed by atoms with van der Waals surface area (Å²) in [5.74, 6) is -0.660. The molecule has 0 bridgehead atoms. The van der Waals surface area contributed by atoms with Gasteiger partial charge in [0.25, 0.3) is 0 Å². The molecule has 4 heteroatoms. The van der Waals surface area contributed by atoms with Crippen molar-refractivity contribution >= 4 is 28.9 Å². The van der Waals surface area contributed by atoms with Crippen molar-refractivity contribution in [2.45, 2.75) is 51.2 Å². The van der Waals surface area contributed by atoms with Crippen molar-refractivity contribution in [1.82, 2.24) is 0 Å². The van der Waals surface area contributed by atoms with Crippen LogP contribution >= 0.6 is 22.6 Å². The van der Waals surface area contributed by atoms with Gasteiger partial charge in [-0.2, -0.15) is 0 Å². The number of hydrogen-bond acceptors (Lipinski definition) is 3. The number of carbonyl (C=O) groups excluding carboxylic acids is 1. The first kappa shape index (κ1) is 17.1. The van der Waals surface area contributed by atoms with Gasteiger partial charge in [-0.25, -0.2) is 0 Å². The molecule has 1 fully saturated rings. The Kier molecular flexibility index (Phi) is 7.54. The fourth-order valence-electron chi connectivity index (χ4n) is 2.51. The number of unbranched alkanes of at least 4 members (excludes halogenated alkanes) is 1. The molecule has 0 spiro atoms. The van der Waals surface area contributed by atoms with Crippen LogP contribution in [-0.2, 0) is 14.3 Å². The Bertz CT molecular complexity index is 287. The largest absolute Gasteiger partial charge is 0.344 e. The van der Waals surface area contributed by atoms with E-state index in [9.17, 15) is 4.79 Å². The van der Waals surface area contributed by atoms with Crippen LogP contribution in [0.3, 0.4) is 0 Å². The first-order valence-electron chi connectivity index (χ1n) is 7.10. The number of halogens is 1. The van der Waals surface area contributed by atoms with Crippen LogP contribution in [-0.4, -0.2) is 29.7 Å². The summed E-state index contributed by atoms with van der Waals surface area (Å²) in [6.07, 6.45) is 8.53. The van der Waals surface area contributed by atoms with Gasteiger partial charge in [-0.15, -0.1) is 0 Å². The average molecular weight is 380 g/mol. The van der Waals surface area contributed by atoms with Crippen molar-refractivity contribution in [3.05, 3.63) is 12.7 Å². The quantitative estimate of drug-likeness (QED) is 0.190. The monoisotopic (exact) mass is 380 g/mol. The van der Waals surface area contributed by atoms with Crippen molar-refractivity contribution in [2.75, 3.05) is 17.6 Å². The lowest BCUT2D eigenvalue weighted by Gasteiger charge is -2.31. The Morgan fingerprint density at radius 2 is 2.00 bits per heavy atom. The maximum atomic E-state index is 11.5. The first-order chi connectivity index (χ1) is 9.16. The molecule has 0 aromatic rings. The molecule has 110 valence electrons. The van der Waals surface area contributed by atoms with Gasteiger partial charge in [-0.1, -0.05) is 42.5 Å². The van der Waals surface area contributed by atoms with E-state index in [2.05, 4.69) is 36.1 Å². The van der Waals surface area contributed by atoms with Crippen LogP contribution in [0, 0.1) is 5.41 Å². The first-order valence-corrected chi connectivity index (χ1v) is 8.62. The molecular formula is C15H25IO3. The smallest absolute Gasteiger partial charge is 0.187 e. The van der Waals surface area contributed by atoms with E-state index in [1.165, 1.54) is 6.42 Å². The third-order valence-electron chi connectivity index (χ3n) is 4.07. The lowest BCUT2D eigenvalue weighted by atomic mass is 9.77. The van der Waals surface area contributed by atoms with Gasteiger partial charge in [0.1, 0.15) is 6.29 Å². The summed E-state index contributed by atoms with van der Waals surface area (Å²) in [7, 11) is 0. The zero-order valence-corrected chi connectivity index (χ0v) is 14.0. The minimum Gasteiger partial charge on any atom is -0.344 e. The van der Waals surface area contributed by atoms with Crippen molar-refractivity contribution < 1.29 is 14.3 Å². The normalized spacial score (nSPS) is 20.9. The molecule has 0 aliphatic carbocycles. The Balaban J connectivity index is 2.56. The lowest BCUT2D eigenvalue weighted by molar-refractivity contribution is -0.132. The third-order valence-corrected chi connectivity index (χ3v) is 4.83. The van der Waals surface area contributed by atoms with E-state index in [0.29, 0.717) is 19.6 Å². The second kappa shape index (κ2) is 8.37. The Hall–Kier alpha value is 0.0600. The molecule has 1 saturated heterocycles. The molecule has 0 amide bonds. The number of rotatable bonds is 10. The number of carbonyl (C=O) groups is 1. The highest BCUT2D eigenvalue weighted by Crippen LogP contribution is 2.37. The van der Waals surface area contributed by atoms with Crippen molar-refractivity contribution in [3.63, 3.8) is 0 Å². The van der Waals surface area contributed by atoms with E-state index in [1.807, 2.05) is 0 Å². The number of ether oxygens (including phenoxy) is 2. The van der Waals surface area contributed by atoms with Gasteiger partial charge in [0, 0.05) is 11.8 Å². The van der Waals surface area contributed by atoms with Crippen LogP contribution in [0.4, 0.5) is 0 Å². The molecule has 1 atom stereocenters. The van der Waals surface area contributed by atoms with Gasteiger partial charge in [-0.05, 0) is 36.2 Å². The highest BCUT2D eigenvalue weighted by Gasteiger charge is 2.37. The summed E-state index contributed by atoms with van der Waals surface area (Å²) >= 11 is 2.38. The summed E-state index contributed by atoms with van der Waals surface area (Å²) in [6, 6.07) is 0. The third kappa shape index (κ3) is 4.83. The number of alkyl halides is 1. The fraction of sp³-hybridized carbons (Fsp3) is 0.800. The van der Waals surface area contributed by atoms with Crippen molar-refractivity contribution in [2.24, 2.45) is 5.41 Å². The molecule has 0 radical (unpaired) electrons. The molecule has 1 aliphatic heterocycles. The number of aldehydes is 1. The van der Waals surface area contributed by atoms with E-state index in [1.54, 1.807) is 6.08 Å². The minimum atomic E-state index is -0.660. The molecule has 0 N–H and O–H groups in total.